The summed E-state index contributed by atoms with van der Waals surface area (Å²) in [7, 11) is 0. The lowest BCUT2D eigenvalue weighted by Crippen LogP contribution is -2.65. The molecule has 0 N–H and O–H groups in total. The number of ether oxygens (including phenoxy) is 2. The molecule has 3 fully saturated rings. The van der Waals surface area contributed by atoms with Crippen LogP contribution in [0.3, 0.4) is 0 Å². The van der Waals surface area contributed by atoms with Crippen molar-refractivity contribution < 1.29 is 9.47 Å². The highest BCUT2D eigenvalue weighted by molar-refractivity contribution is 5.16. The van der Waals surface area contributed by atoms with Gasteiger partial charge in [0, 0.05) is 38.4 Å². The Labute approximate surface area is 120 Å². The number of hydrogen-bond donors (Lipinski definition) is 0. The number of likely N-dealkylation sites (tertiary alicyclic amines) is 1. The summed E-state index contributed by atoms with van der Waals surface area (Å²) in [5.41, 5.74) is 0.0805. The van der Waals surface area contributed by atoms with Crippen LogP contribution in [0.4, 0.5) is 0 Å². The summed E-state index contributed by atoms with van der Waals surface area (Å²) in [6.45, 7) is 5.12. The first-order valence-electron chi connectivity index (χ1n) is 7.73. The topological polar surface area (TPSA) is 34.6 Å². The maximum Gasteiger partial charge on any atom is 0.137 e. The number of pyridine rings is 1. The van der Waals surface area contributed by atoms with Crippen molar-refractivity contribution in [3.05, 3.63) is 24.5 Å². The molecule has 3 aliphatic rings. The zero-order valence-corrected chi connectivity index (χ0v) is 11.8. The fraction of sp³-hybridized carbons (Fsp3) is 0.688. The Kier molecular flexibility index (Phi) is 3.15. The van der Waals surface area contributed by atoms with Crippen molar-refractivity contribution in [1.29, 1.82) is 0 Å². The Morgan fingerprint density at radius 1 is 1.35 bits per heavy atom. The van der Waals surface area contributed by atoms with Crippen LogP contribution in [0.2, 0.25) is 0 Å². The number of rotatable bonds is 5. The molecule has 4 heteroatoms. The van der Waals surface area contributed by atoms with E-state index in [9.17, 15) is 0 Å². The third-order valence-electron chi connectivity index (χ3n) is 4.88. The Morgan fingerprint density at radius 2 is 2.25 bits per heavy atom. The second-order valence-corrected chi connectivity index (χ2v) is 6.51. The number of hydrogen-bond acceptors (Lipinski definition) is 4. The Morgan fingerprint density at radius 3 is 3.00 bits per heavy atom. The predicted molar refractivity (Wildman–Crippen MR) is 75.7 cm³/mol. The lowest BCUT2D eigenvalue weighted by atomic mass is 9.81. The molecule has 1 spiro atoms. The van der Waals surface area contributed by atoms with Crippen LogP contribution in [0.1, 0.15) is 19.3 Å². The molecule has 3 heterocycles. The third kappa shape index (κ3) is 2.42. The van der Waals surface area contributed by atoms with Gasteiger partial charge < -0.3 is 9.47 Å². The van der Waals surface area contributed by atoms with Crippen LogP contribution in [0, 0.1) is 11.8 Å². The van der Waals surface area contributed by atoms with Gasteiger partial charge in [-0.25, -0.2) is 0 Å². The molecule has 4 nitrogen and oxygen atoms in total. The van der Waals surface area contributed by atoms with Crippen molar-refractivity contribution >= 4 is 0 Å². The molecule has 1 saturated carbocycles. The zero-order valence-electron chi connectivity index (χ0n) is 11.8. The molecule has 0 radical (unpaired) electrons. The summed E-state index contributed by atoms with van der Waals surface area (Å²) in [5, 5.41) is 0. The van der Waals surface area contributed by atoms with E-state index >= 15 is 0 Å². The van der Waals surface area contributed by atoms with E-state index in [2.05, 4.69) is 9.88 Å². The average Bonchev–Trinajstić information content (AvgIpc) is 3.15. The molecule has 1 aromatic heterocycles. The Hall–Kier alpha value is -1.13. The summed E-state index contributed by atoms with van der Waals surface area (Å²) in [5.74, 6) is 2.36. The van der Waals surface area contributed by atoms with Crippen LogP contribution < -0.4 is 4.74 Å². The minimum Gasteiger partial charge on any atom is -0.492 e. The van der Waals surface area contributed by atoms with E-state index in [1.165, 1.54) is 19.4 Å². The van der Waals surface area contributed by atoms with Crippen molar-refractivity contribution in [1.82, 2.24) is 9.88 Å². The highest BCUT2D eigenvalue weighted by Crippen LogP contribution is 2.42. The minimum absolute atomic E-state index is 0.0805. The average molecular weight is 274 g/mol. The largest absolute Gasteiger partial charge is 0.492 e. The van der Waals surface area contributed by atoms with E-state index < -0.39 is 0 Å². The second kappa shape index (κ2) is 5.01. The van der Waals surface area contributed by atoms with Gasteiger partial charge in [-0.05, 0) is 37.3 Å². The first kappa shape index (κ1) is 12.6. The molecule has 0 amide bonds. The van der Waals surface area contributed by atoms with Crippen LogP contribution in [0.5, 0.6) is 5.75 Å². The first-order valence-corrected chi connectivity index (χ1v) is 7.73. The Bertz CT molecular complexity index is 455. The minimum atomic E-state index is 0.0805. The molecular weight excluding hydrogens is 252 g/mol. The zero-order chi connectivity index (χ0) is 13.4. The molecule has 0 bridgehead atoms. The monoisotopic (exact) mass is 274 g/mol. The maximum absolute atomic E-state index is 6.07. The van der Waals surface area contributed by atoms with Gasteiger partial charge in [0.1, 0.15) is 5.75 Å². The van der Waals surface area contributed by atoms with Gasteiger partial charge in [0.15, 0.2) is 0 Å². The maximum atomic E-state index is 6.07. The second-order valence-electron chi connectivity index (χ2n) is 6.51. The molecule has 1 aromatic rings. The third-order valence-corrected chi connectivity index (χ3v) is 4.88. The summed E-state index contributed by atoms with van der Waals surface area (Å²) in [6, 6.07) is 3.88. The lowest BCUT2D eigenvalue weighted by molar-refractivity contribution is -0.138. The van der Waals surface area contributed by atoms with Crippen molar-refractivity contribution in [2.24, 2.45) is 11.8 Å². The van der Waals surface area contributed by atoms with E-state index in [1.54, 1.807) is 12.4 Å². The highest BCUT2D eigenvalue weighted by Gasteiger charge is 2.53. The van der Waals surface area contributed by atoms with Gasteiger partial charge in [0.05, 0.1) is 18.4 Å². The molecule has 2 aliphatic heterocycles. The van der Waals surface area contributed by atoms with Crippen LogP contribution >= 0.6 is 0 Å². The molecule has 108 valence electrons. The van der Waals surface area contributed by atoms with E-state index in [4.69, 9.17) is 9.47 Å². The van der Waals surface area contributed by atoms with E-state index in [-0.39, 0.29) is 5.60 Å². The summed E-state index contributed by atoms with van der Waals surface area (Å²) < 4.78 is 12.0. The number of aromatic nitrogens is 1. The van der Waals surface area contributed by atoms with E-state index in [1.807, 2.05) is 12.1 Å². The van der Waals surface area contributed by atoms with Gasteiger partial charge in [0.25, 0.3) is 0 Å². The van der Waals surface area contributed by atoms with E-state index in [0.717, 1.165) is 44.4 Å². The molecular formula is C16H22N2O2. The van der Waals surface area contributed by atoms with Crippen LogP contribution in [0.15, 0.2) is 24.5 Å². The summed E-state index contributed by atoms with van der Waals surface area (Å²) in [6.07, 6.45) is 7.53. The molecule has 1 aliphatic carbocycles. The normalized spacial score (nSPS) is 28.5. The summed E-state index contributed by atoms with van der Waals surface area (Å²) in [4.78, 5) is 6.64. The fourth-order valence-electron chi connectivity index (χ4n) is 3.50. The molecule has 0 unspecified atom stereocenters. The fourth-order valence-corrected chi connectivity index (χ4v) is 3.50. The Balaban J connectivity index is 1.31. The standard InChI is InChI=1S/C16H22N2O2/c1-2-15(8-17-6-1)19-10-14-5-7-20-16(14)11-18(12-16)9-13-3-4-13/h1-2,6,8,13-14H,3-5,7,9-12H2/t14-/m1/s1. The molecule has 4 rings (SSSR count). The van der Waals surface area contributed by atoms with Crippen LogP contribution in [-0.4, -0.2) is 48.3 Å². The predicted octanol–water partition coefficient (Wildman–Crippen LogP) is 1.96. The molecule has 0 aromatic carbocycles. The van der Waals surface area contributed by atoms with Crippen LogP contribution in [-0.2, 0) is 4.74 Å². The van der Waals surface area contributed by atoms with Gasteiger partial charge in [-0.1, -0.05) is 0 Å². The van der Waals surface area contributed by atoms with Gasteiger partial charge in [-0.3, -0.25) is 9.88 Å². The first-order chi connectivity index (χ1) is 9.84. The van der Waals surface area contributed by atoms with Crippen molar-refractivity contribution in [3.63, 3.8) is 0 Å². The quantitative estimate of drug-likeness (QED) is 0.822. The lowest BCUT2D eigenvalue weighted by Gasteiger charge is -2.50. The van der Waals surface area contributed by atoms with Gasteiger partial charge in [-0.15, -0.1) is 0 Å². The SMILES string of the molecule is c1cncc(OC[C@H]2CCOC23CN(CC2CC2)C3)c1. The molecule has 1 atom stereocenters. The summed E-state index contributed by atoms with van der Waals surface area (Å²) >= 11 is 0. The number of nitrogens with zero attached hydrogens (tertiary/aromatic N) is 2. The van der Waals surface area contributed by atoms with Gasteiger partial charge >= 0.3 is 0 Å². The van der Waals surface area contributed by atoms with Gasteiger partial charge in [-0.2, -0.15) is 0 Å². The van der Waals surface area contributed by atoms with E-state index in [0.29, 0.717) is 5.92 Å². The molecule has 20 heavy (non-hydrogen) atoms. The smallest absolute Gasteiger partial charge is 0.137 e. The van der Waals surface area contributed by atoms with Crippen molar-refractivity contribution in [3.8, 4) is 5.75 Å². The van der Waals surface area contributed by atoms with Gasteiger partial charge in [0.2, 0.25) is 0 Å². The molecule has 2 saturated heterocycles. The van der Waals surface area contributed by atoms with Crippen molar-refractivity contribution in [2.45, 2.75) is 24.9 Å². The van der Waals surface area contributed by atoms with Crippen LogP contribution in [0.25, 0.3) is 0 Å². The van der Waals surface area contributed by atoms with Crippen molar-refractivity contribution in [2.75, 3.05) is 32.8 Å². The highest BCUT2D eigenvalue weighted by atomic mass is 16.5.